The van der Waals surface area contributed by atoms with E-state index in [1.165, 1.54) is 4.90 Å². The number of nitrogens with zero attached hydrogens (tertiary/aromatic N) is 2. The molecule has 2 amide bonds. The maximum Gasteiger partial charge on any atom is 0.264 e. The molecular weight excluding hydrogens is 648 g/mol. The highest BCUT2D eigenvalue weighted by molar-refractivity contribution is 7.92. The first-order valence-electron chi connectivity index (χ1n) is 14.8. The van der Waals surface area contributed by atoms with Gasteiger partial charge in [0.1, 0.15) is 18.4 Å². The number of halogens is 3. The molecule has 4 aromatic rings. The van der Waals surface area contributed by atoms with E-state index in [2.05, 4.69) is 5.32 Å². The lowest BCUT2D eigenvalue weighted by Crippen LogP contribution is -2.54. The number of benzene rings is 4. The summed E-state index contributed by atoms with van der Waals surface area (Å²) in [6, 6.07) is 24.1. The minimum Gasteiger partial charge on any atom is -0.352 e. The van der Waals surface area contributed by atoms with Crippen LogP contribution in [0, 0.1) is 12.7 Å². The summed E-state index contributed by atoms with van der Waals surface area (Å²) in [4.78, 5) is 29.6. The molecule has 0 aliphatic heterocycles. The van der Waals surface area contributed by atoms with Gasteiger partial charge in [-0.2, -0.15) is 0 Å². The second-order valence-corrected chi connectivity index (χ2v) is 13.8. The van der Waals surface area contributed by atoms with Crippen molar-refractivity contribution in [2.45, 2.75) is 57.1 Å². The number of nitrogens with one attached hydrogen (secondary N) is 1. The minimum absolute atomic E-state index is 0.0561. The number of hydrogen-bond donors (Lipinski definition) is 1. The summed E-state index contributed by atoms with van der Waals surface area (Å²) in [5.74, 6) is -1.60. The maximum absolute atomic E-state index is 14.5. The predicted octanol–water partition coefficient (Wildman–Crippen LogP) is 7.19. The molecule has 0 radical (unpaired) electrons. The fraction of sp³-hybridized carbons (Fsp3) is 0.257. The Morgan fingerprint density at radius 2 is 1.52 bits per heavy atom. The first kappa shape index (κ1) is 34.9. The predicted molar refractivity (Wildman–Crippen MR) is 181 cm³/mol. The lowest BCUT2D eigenvalue weighted by molar-refractivity contribution is -0.140. The molecule has 2 atom stereocenters. The van der Waals surface area contributed by atoms with Crippen molar-refractivity contribution >= 4 is 50.7 Å². The molecule has 0 saturated heterocycles. The topological polar surface area (TPSA) is 86.8 Å². The molecular formula is C35H36Cl2FN3O4S. The molecule has 0 bridgehead atoms. The van der Waals surface area contributed by atoms with Crippen molar-refractivity contribution in [2.75, 3.05) is 10.8 Å². The summed E-state index contributed by atoms with van der Waals surface area (Å²) in [6.07, 6.45) is 0.840. The molecule has 0 aromatic heterocycles. The zero-order chi connectivity index (χ0) is 33.4. The highest BCUT2D eigenvalue weighted by Gasteiger charge is 2.35. The molecule has 0 unspecified atom stereocenters. The zero-order valence-corrected chi connectivity index (χ0v) is 28.1. The molecule has 0 fully saturated rings. The molecule has 0 spiro atoms. The molecule has 4 aromatic carbocycles. The van der Waals surface area contributed by atoms with E-state index in [4.69, 9.17) is 23.2 Å². The number of sulfonamides is 1. The van der Waals surface area contributed by atoms with Gasteiger partial charge in [0, 0.05) is 19.0 Å². The van der Waals surface area contributed by atoms with Crippen LogP contribution in [0.25, 0.3) is 0 Å². The Balaban J connectivity index is 1.82. The van der Waals surface area contributed by atoms with E-state index in [9.17, 15) is 22.4 Å². The van der Waals surface area contributed by atoms with Gasteiger partial charge in [-0.1, -0.05) is 84.2 Å². The highest BCUT2D eigenvalue weighted by atomic mass is 35.5. The normalized spacial score (nSPS) is 12.7. The van der Waals surface area contributed by atoms with E-state index in [-0.39, 0.29) is 40.5 Å². The van der Waals surface area contributed by atoms with Crippen molar-refractivity contribution in [1.29, 1.82) is 0 Å². The average Bonchev–Trinajstić information content (AvgIpc) is 3.04. The van der Waals surface area contributed by atoms with Crippen molar-refractivity contribution in [3.63, 3.8) is 0 Å². The first-order valence-corrected chi connectivity index (χ1v) is 17.0. The van der Waals surface area contributed by atoms with Crippen molar-refractivity contribution in [3.05, 3.63) is 130 Å². The van der Waals surface area contributed by atoms with Gasteiger partial charge in [-0.3, -0.25) is 13.9 Å². The third kappa shape index (κ3) is 8.87. The number of carbonyl (C=O) groups is 2. The van der Waals surface area contributed by atoms with Gasteiger partial charge in [0.25, 0.3) is 10.0 Å². The van der Waals surface area contributed by atoms with Gasteiger partial charge in [-0.25, -0.2) is 12.8 Å². The number of hydrogen-bond acceptors (Lipinski definition) is 4. The Hall–Kier alpha value is -3.92. The van der Waals surface area contributed by atoms with Crippen molar-refractivity contribution in [2.24, 2.45) is 0 Å². The maximum atomic E-state index is 14.5. The first-order chi connectivity index (χ1) is 21.9. The number of carbonyl (C=O) groups excluding carboxylic acids is 2. The van der Waals surface area contributed by atoms with Gasteiger partial charge in [-0.05, 0) is 79.9 Å². The van der Waals surface area contributed by atoms with E-state index < -0.39 is 34.3 Å². The molecule has 1 N–H and O–H groups in total. The standard InChI is InChI=1S/C35H36Cl2FN3O4S/c1-4-25(3)39-35(43)33(21-26-8-6-5-7-9-26)40(22-27-12-19-31(36)32(37)20-27)34(42)23-41(29-15-10-24(2)11-16-29)46(44,45)30-17-13-28(38)14-18-30/h5-20,25,33H,4,21-23H2,1-3H3,(H,39,43)/t25-,33+/m0/s1. The third-order valence-corrected chi connectivity index (χ3v) is 10.1. The van der Waals surface area contributed by atoms with Crippen LogP contribution in [0.1, 0.15) is 37.0 Å². The highest BCUT2D eigenvalue weighted by Crippen LogP contribution is 2.27. The molecule has 242 valence electrons. The number of amides is 2. The summed E-state index contributed by atoms with van der Waals surface area (Å²) in [5.41, 5.74) is 2.54. The lowest BCUT2D eigenvalue weighted by atomic mass is 10.0. The second-order valence-electron chi connectivity index (χ2n) is 11.1. The summed E-state index contributed by atoms with van der Waals surface area (Å²) < 4.78 is 42.8. The molecule has 46 heavy (non-hydrogen) atoms. The van der Waals surface area contributed by atoms with Crippen molar-refractivity contribution in [3.8, 4) is 0 Å². The largest absolute Gasteiger partial charge is 0.352 e. The molecule has 4 rings (SSSR count). The van der Waals surface area contributed by atoms with Crippen LogP contribution in [0.2, 0.25) is 10.0 Å². The third-order valence-electron chi connectivity index (χ3n) is 7.61. The van der Waals surface area contributed by atoms with Crippen LogP contribution in [0.3, 0.4) is 0 Å². The van der Waals surface area contributed by atoms with Gasteiger partial charge in [0.05, 0.1) is 20.6 Å². The quantitative estimate of drug-likeness (QED) is 0.162. The molecule has 7 nitrogen and oxygen atoms in total. The molecule has 0 aliphatic rings. The van der Waals surface area contributed by atoms with Crippen molar-refractivity contribution < 1.29 is 22.4 Å². The Morgan fingerprint density at radius 1 is 0.870 bits per heavy atom. The molecule has 0 saturated carbocycles. The smallest absolute Gasteiger partial charge is 0.264 e. The van der Waals surface area contributed by atoms with Gasteiger partial charge in [-0.15, -0.1) is 0 Å². The van der Waals surface area contributed by atoms with Crippen LogP contribution in [0.15, 0.2) is 102 Å². The fourth-order valence-electron chi connectivity index (χ4n) is 4.80. The van der Waals surface area contributed by atoms with Gasteiger partial charge >= 0.3 is 0 Å². The van der Waals surface area contributed by atoms with Crippen molar-refractivity contribution in [1.82, 2.24) is 10.2 Å². The molecule has 0 aliphatic carbocycles. The van der Waals surface area contributed by atoms with E-state index in [0.717, 1.165) is 39.7 Å². The Kier molecular flexibility index (Phi) is 11.8. The lowest BCUT2D eigenvalue weighted by Gasteiger charge is -2.34. The van der Waals surface area contributed by atoms with Gasteiger partial charge in [0.15, 0.2) is 0 Å². The van der Waals surface area contributed by atoms with Crippen LogP contribution in [0.5, 0.6) is 0 Å². The average molecular weight is 685 g/mol. The van der Waals surface area contributed by atoms with E-state index in [0.29, 0.717) is 17.0 Å². The Bertz CT molecular complexity index is 1760. The van der Waals surface area contributed by atoms with E-state index in [1.54, 1.807) is 42.5 Å². The summed E-state index contributed by atoms with van der Waals surface area (Å²) in [5, 5.41) is 3.60. The van der Waals surface area contributed by atoms with Crippen LogP contribution < -0.4 is 9.62 Å². The number of aryl methyl sites for hydroxylation is 1. The summed E-state index contributed by atoms with van der Waals surface area (Å²) in [7, 11) is -4.35. The number of anilines is 1. The van der Waals surface area contributed by atoms with E-state index >= 15 is 0 Å². The Morgan fingerprint density at radius 3 is 2.13 bits per heavy atom. The Labute approximate surface area is 280 Å². The van der Waals surface area contributed by atoms with Crippen LogP contribution >= 0.6 is 23.2 Å². The summed E-state index contributed by atoms with van der Waals surface area (Å²) in [6.45, 7) is 4.98. The molecule has 11 heteroatoms. The molecule has 0 heterocycles. The van der Waals surface area contributed by atoms with E-state index in [1.807, 2.05) is 51.1 Å². The van der Waals surface area contributed by atoms with Crippen LogP contribution in [0.4, 0.5) is 10.1 Å². The SMILES string of the molecule is CC[C@H](C)NC(=O)[C@@H](Cc1ccccc1)N(Cc1ccc(Cl)c(Cl)c1)C(=O)CN(c1ccc(C)cc1)S(=O)(=O)c1ccc(F)cc1. The minimum atomic E-state index is -4.35. The fourth-order valence-corrected chi connectivity index (χ4v) is 6.54. The zero-order valence-electron chi connectivity index (χ0n) is 25.8. The van der Waals surface area contributed by atoms with Gasteiger partial charge in [0.2, 0.25) is 11.8 Å². The number of rotatable bonds is 13. The van der Waals surface area contributed by atoms with Gasteiger partial charge < -0.3 is 10.2 Å². The monoisotopic (exact) mass is 683 g/mol. The van der Waals surface area contributed by atoms with Crippen LogP contribution in [-0.4, -0.2) is 43.8 Å². The summed E-state index contributed by atoms with van der Waals surface area (Å²) >= 11 is 12.5. The van der Waals surface area contributed by atoms with Crippen LogP contribution in [-0.2, 0) is 32.6 Å². The second kappa shape index (κ2) is 15.6.